The molecule has 0 spiro atoms. The lowest BCUT2D eigenvalue weighted by molar-refractivity contribution is -0.114. The molecule has 1 aromatic carbocycles. The van der Waals surface area contributed by atoms with Gasteiger partial charge in [-0.1, -0.05) is 0 Å². The third-order valence-corrected chi connectivity index (χ3v) is 2.26. The minimum absolute atomic E-state index is 0.241. The topological polar surface area (TPSA) is 69.4 Å². The molecular weight excluding hydrogens is 250 g/mol. The van der Waals surface area contributed by atoms with Gasteiger partial charge in [-0.05, 0) is 34.1 Å². The van der Waals surface area contributed by atoms with Crippen LogP contribution in [-0.4, -0.2) is 18.8 Å². The van der Waals surface area contributed by atoms with Gasteiger partial charge in [0.1, 0.15) is 5.75 Å². The van der Waals surface area contributed by atoms with Crippen molar-refractivity contribution in [2.75, 3.05) is 7.11 Å². The zero-order valence-corrected chi connectivity index (χ0v) is 9.00. The number of ketones is 1. The van der Waals surface area contributed by atoms with Crippen LogP contribution >= 0.6 is 15.9 Å². The number of benzene rings is 1. The highest BCUT2D eigenvalue weighted by molar-refractivity contribution is 9.10. The van der Waals surface area contributed by atoms with Gasteiger partial charge in [-0.3, -0.25) is 9.59 Å². The third kappa shape index (κ3) is 2.11. The van der Waals surface area contributed by atoms with E-state index in [1.165, 1.54) is 19.2 Å². The number of primary amides is 1. The number of hydrogen-bond donors (Lipinski definition) is 1. The Labute approximate surface area is 89.2 Å². The second-order valence-electron chi connectivity index (χ2n) is 2.54. The van der Waals surface area contributed by atoms with Crippen LogP contribution in [0.3, 0.4) is 0 Å². The fourth-order valence-electron chi connectivity index (χ4n) is 0.950. The number of Topliss-reactive ketones (excluding diaryl/α,β-unsaturated/α-hetero) is 1. The molecule has 0 heterocycles. The number of hydrogen-bond acceptors (Lipinski definition) is 3. The summed E-state index contributed by atoms with van der Waals surface area (Å²) in [7, 11) is 1.51. The van der Waals surface area contributed by atoms with E-state index in [2.05, 4.69) is 15.9 Å². The van der Waals surface area contributed by atoms with Crippen molar-refractivity contribution >= 4 is 27.6 Å². The third-order valence-electron chi connectivity index (χ3n) is 1.64. The van der Waals surface area contributed by atoms with Crippen molar-refractivity contribution in [1.82, 2.24) is 0 Å². The normalized spacial score (nSPS) is 9.57. The molecule has 1 amide bonds. The highest BCUT2D eigenvalue weighted by atomic mass is 79.9. The van der Waals surface area contributed by atoms with Gasteiger partial charge in [0.05, 0.1) is 11.6 Å². The first-order valence-electron chi connectivity index (χ1n) is 3.74. The fraction of sp³-hybridized carbons (Fsp3) is 0.111. The molecule has 2 N–H and O–H groups in total. The first-order chi connectivity index (χ1) is 6.56. The number of halogens is 1. The maximum Gasteiger partial charge on any atom is 0.289 e. The molecule has 74 valence electrons. The number of methoxy groups -OCH3 is 1. The van der Waals surface area contributed by atoms with E-state index in [0.29, 0.717) is 10.2 Å². The number of nitrogens with two attached hydrogens (primary N) is 1. The Morgan fingerprint density at radius 2 is 2.07 bits per heavy atom. The van der Waals surface area contributed by atoms with Gasteiger partial charge in [0, 0.05) is 5.56 Å². The summed E-state index contributed by atoms with van der Waals surface area (Å²) in [5, 5.41) is 0. The lowest BCUT2D eigenvalue weighted by Crippen LogP contribution is -2.22. The highest BCUT2D eigenvalue weighted by Crippen LogP contribution is 2.25. The minimum atomic E-state index is -0.970. The van der Waals surface area contributed by atoms with Gasteiger partial charge in [0.15, 0.2) is 0 Å². The van der Waals surface area contributed by atoms with E-state index in [0.717, 1.165) is 0 Å². The summed E-state index contributed by atoms with van der Waals surface area (Å²) >= 11 is 3.20. The van der Waals surface area contributed by atoms with Crippen LogP contribution in [-0.2, 0) is 4.79 Å². The lowest BCUT2D eigenvalue weighted by Gasteiger charge is -2.03. The highest BCUT2D eigenvalue weighted by Gasteiger charge is 2.13. The summed E-state index contributed by atoms with van der Waals surface area (Å²) in [6, 6.07) is 4.56. The summed E-state index contributed by atoms with van der Waals surface area (Å²) in [5.41, 5.74) is 5.09. The van der Waals surface area contributed by atoms with Crippen LogP contribution in [0.2, 0.25) is 0 Å². The van der Waals surface area contributed by atoms with Crippen molar-refractivity contribution in [3.8, 4) is 5.75 Å². The average molecular weight is 258 g/mol. The van der Waals surface area contributed by atoms with Crippen LogP contribution in [0.5, 0.6) is 5.75 Å². The standard InChI is InChI=1S/C9H8BrNO3/c1-14-7-3-2-5(4-6(7)10)8(12)9(11)13/h2-4H,1H3,(H2,11,13). The maximum absolute atomic E-state index is 11.2. The SMILES string of the molecule is COc1ccc(C(=O)C(N)=O)cc1Br. The summed E-state index contributed by atoms with van der Waals surface area (Å²) in [6.07, 6.45) is 0. The Kier molecular flexibility index (Phi) is 3.24. The molecule has 0 radical (unpaired) electrons. The molecule has 0 fully saturated rings. The summed E-state index contributed by atoms with van der Waals surface area (Å²) in [6.45, 7) is 0. The van der Waals surface area contributed by atoms with Crippen LogP contribution in [0, 0.1) is 0 Å². The molecule has 1 rings (SSSR count). The lowest BCUT2D eigenvalue weighted by atomic mass is 10.1. The molecule has 5 heteroatoms. The monoisotopic (exact) mass is 257 g/mol. The Balaban J connectivity index is 3.09. The maximum atomic E-state index is 11.2. The van der Waals surface area contributed by atoms with Crippen molar-refractivity contribution in [3.05, 3.63) is 28.2 Å². The molecule has 0 saturated carbocycles. The molecular formula is C9H8BrNO3. The van der Waals surface area contributed by atoms with Crippen LogP contribution in [0.25, 0.3) is 0 Å². The van der Waals surface area contributed by atoms with Crippen molar-refractivity contribution in [2.45, 2.75) is 0 Å². The average Bonchev–Trinajstić information content (AvgIpc) is 2.16. The van der Waals surface area contributed by atoms with Gasteiger partial charge >= 0.3 is 0 Å². The van der Waals surface area contributed by atoms with E-state index in [4.69, 9.17) is 10.5 Å². The van der Waals surface area contributed by atoms with Crippen molar-refractivity contribution in [1.29, 1.82) is 0 Å². The number of carbonyl (C=O) groups excluding carboxylic acids is 2. The second kappa shape index (κ2) is 4.23. The number of ether oxygens (including phenoxy) is 1. The quantitative estimate of drug-likeness (QED) is 0.652. The molecule has 4 nitrogen and oxygen atoms in total. The predicted molar refractivity (Wildman–Crippen MR) is 54.2 cm³/mol. The van der Waals surface area contributed by atoms with Crippen molar-refractivity contribution in [2.24, 2.45) is 5.73 Å². The van der Waals surface area contributed by atoms with E-state index in [-0.39, 0.29) is 5.56 Å². The van der Waals surface area contributed by atoms with E-state index in [9.17, 15) is 9.59 Å². The molecule has 0 bridgehead atoms. The summed E-state index contributed by atoms with van der Waals surface area (Å²) in [4.78, 5) is 21.8. The Morgan fingerprint density at radius 3 is 2.50 bits per heavy atom. The molecule has 0 unspecified atom stereocenters. The molecule has 0 aromatic heterocycles. The van der Waals surface area contributed by atoms with Gasteiger partial charge in [-0.15, -0.1) is 0 Å². The summed E-state index contributed by atoms with van der Waals surface area (Å²) < 4.78 is 5.57. The van der Waals surface area contributed by atoms with Crippen LogP contribution in [0.1, 0.15) is 10.4 Å². The van der Waals surface area contributed by atoms with E-state index in [1.54, 1.807) is 6.07 Å². The second-order valence-corrected chi connectivity index (χ2v) is 3.40. The largest absolute Gasteiger partial charge is 0.496 e. The van der Waals surface area contributed by atoms with Gasteiger partial charge in [0.2, 0.25) is 5.78 Å². The van der Waals surface area contributed by atoms with Crippen molar-refractivity contribution in [3.63, 3.8) is 0 Å². The summed E-state index contributed by atoms with van der Waals surface area (Å²) in [5.74, 6) is -1.10. The Morgan fingerprint density at radius 1 is 1.43 bits per heavy atom. The van der Waals surface area contributed by atoms with Crippen molar-refractivity contribution < 1.29 is 14.3 Å². The van der Waals surface area contributed by atoms with Crippen LogP contribution < -0.4 is 10.5 Å². The first-order valence-corrected chi connectivity index (χ1v) is 4.53. The zero-order valence-electron chi connectivity index (χ0n) is 7.41. The smallest absolute Gasteiger partial charge is 0.289 e. The number of rotatable bonds is 3. The molecule has 0 aliphatic carbocycles. The fourth-order valence-corrected chi connectivity index (χ4v) is 1.49. The molecule has 0 aliphatic heterocycles. The molecule has 1 aromatic rings. The molecule has 0 aliphatic rings. The molecule has 0 atom stereocenters. The van der Waals surface area contributed by atoms with Crippen LogP contribution in [0.4, 0.5) is 0 Å². The van der Waals surface area contributed by atoms with E-state index < -0.39 is 11.7 Å². The minimum Gasteiger partial charge on any atom is -0.496 e. The van der Waals surface area contributed by atoms with Gasteiger partial charge in [-0.25, -0.2) is 0 Å². The number of amides is 1. The number of carbonyl (C=O) groups is 2. The van der Waals surface area contributed by atoms with Gasteiger partial charge < -0.3 is 10.5 Å². The zero-order chi connectivity index (χ0) is 10.7. The van der Waals surface area contributed by atoms with Crippen LogP contribution in [0.15, 0.2) is 22.7 Å². The molecule has 14 heavy (non-hydrogen) atoms. The van der Waals surface area contributed by atoms with Gasteiger partial charge in [0.25, 0.3) is 5.91 Å². The van der Waals surface area contributed by atoms with E-state index >= 15 is 0 Å². The Hall–Kier alpha value is -1.36. The first kappa shape index (κ1) is 10.7. The predicted octanol–water partition coefficient (Wildman–Crippen LogP) is 1.13. The van der Waals surface area contributed by atoms with E-state index in [1.807, 2.05) is 0 Å². The van der Waals surface area contributed by atoms with Gasteiger partial charge in [-0.2, -0.15) is 0 Å². The Bertz CT molecular complexity index is 390. The molecule has 0 saturated heterocycles.